The number of fused-ring (bicyclic) bond motifs is 1. The summed E-state index contributed by atoms with van der Waals surface area (Å²) in [5.41, 5.74) is 6.68. The lowest BCUT2D eigenvalue weighted by atomic mass is 9.97. The quantitative estimate of drug-likeness (QED) is 0.826. The van der Waals surface area contributed by atoms with Gasteiger partial charge in [-0.2, -0.15) is 0 Å². The first-order valence-electron chi connectivity index (χ1n) is 5.60. The lowest BCUT2D eigenvalue weighted by molar-refractivity contribution is 0.162. The predicted molar refractivity (Wildman–Crippen MR) is 67.2 cm³/mol. The molecule has 0 radical (unpaired) electrons. The first-order chi connectivity index (χ1) is 7.68. The zero-order valence-electron chi connectivity index (χ0n) is 9.43. The molecule has 2 aromatic carbocycles. The number of hydrogen-bond acceptors (Lipinski definition) is 2. The number of nitrogens with two attached hydrogens (primary N) is 1. The van der Waals surface area contributed by atoms with Gasteiger partial charge in [0.05, 0.1) is 6.10 Å². The van der Waals surface area contributed by atoms with Crippen LogP contribution in [0.3, 0.4) is 0 Å². The highest BCUT2D eigenvalue weighted by atomic mass is 16.3. The SMILES string of the molecule is CC(N)CC(O)c1cccc2ccccc12. The predicted octanol–water partition coefficient (Wildman–Crippen LogP) is 2.61. The molecule has 0 saturated carbocycles. The van der Waals surface area contributed by atoms with Gasteiger partial charge in [0.15, 0.2) is 0 Å². The van der Waals surface area contributed by atoms with Crippen molar-refractivity contribution in [2.24, 2.45) is 5.73 Å². The highest BCUT2D eigenvalue weighted by Gasteiger charge is 2.12. The molecule has 2 unspecified atom stereocenters. The maximum Gasteiger partial charge on any atom is 0.0810 e. The second-order valence-electron chi connectivity index (χ2n) is 4.30. The van der Waals surface area contributed by atoms with Gasteiger partial charge in [-0.25, -0.2) is 0 Å². The fourth-order valence-electron chi connectivity index (χ4n) is 2.02. The molecule has 3 N–H and O–H groups in total. The standard InChI is InChI=1S/C14H17NO/c1-10(15)9-14(16)13-8-4-6-11-5-2-3-7-12(11)13/h2-8,10,14,16H,9,15H2,1H3. The fourth-order valence-corrected chi connectivity index (χ4v) is 2.02. The molecule has 0 heterocycles. The highest BCUT2D eigenvalue weighted by molar-refractivity contribution is 5.85. The van der Waals surface area contributed by atoms with Gasteiger partial charge in [-0.3, -0.25) is 0 Å². The van der Waals surface area contributed by atoms with Crippen LogP contribution in [0, 0.1) is 0 Å². The smallest absolute Gasteiger partial charge is 0.0810 e. The van der Waals surface area contributed by atoms with Crippen LogP contribution in [0.15, 0.2) is 42.5 Å². The van der Waals surface area contributed by atoms with E-state index in [2.05, 4.69) is 12.1 Å². The Labute approximate surface area is 95.7 Å². The van der Waals surface area contributed by atoms with Crippen molar-refractivity contribution in [3.05, 3.63) is 48.0 Å². The minimum Gasteiger partial charge on any atom is -0.388 e. The summed E-state index contributed by atoms with van der Waals surface area (Å²) in [6.07, 6.45) is 0.111. The van der Waals surface area contributed by atoms with E-state index >= 15 is 0 Å². The van der Waals surface area contributed by atoms with Crippen LogP contribution in [0.1, 0.15) is 25.0 Å². The zero-order valence-corrected chi connectivity index (χ0v) is 9.43. The molecule has 2 atom stereocenters. The number of aliphatic hydroxyl groups excluding tert-OH is 1. The van der Waals surface area contributed by atoms with E-state index in [9.17, 15) is 5.11 Å². The van der Waals surface area contributed by atoms with Gasteiger partial charge >= 0.3 is 0 Å². The molecule has 0 bridgehead atoms. The van der Waals surface area contributed by atoms with Crippen LogP contribution in [0.5, 0.6) is 0 Å². The van der Waals surface area contributed by atoms with E-state index in [1.54, 1.807) is 0 Å². The summed E-state index contributed by atoms with van der Waals surface area (Å²) >= 11 is 0. The van der Waals surface area contributed by atoms with Crippen LogP contribution in [-0.2, 0) is 0 Å². The van der Waals surface area contributed by atoms with Crippen LogP contribution in [0.4, 0.5) is 0 Å². The van der Waals surface area contributed by atoms with Crippen LogP contribution in [0.25, 0.3) is 10.8 Å². The first-order valence-corrected chi connectivity index (χ1v) is 5.60. The average Bonchev–Trinajstić information content (AvgIpc) is 2.27. The summed E-state index contributed by atoms with van der Waals surface area (Å²) in [7, 11) is 0. The number of benzene rings is 2. The second kappa shape index (κ2) is 4.64. The highest BCUT2D eigenvalue weighted by Crippen LogP contribution is 2.26. The van der Waals surface area contributed by atoms with E-state index in [1.807, 2.05) is 37.3 Å². The van der Waals surface area contributed by atoms with Crippen molar-refractivity contribution in [3.8, 4) is 0 Å². The molecule has 0 aliphatic heterocycles. The molecular weight excluding hydrogens is 198 g/mol. The molecule has 0 fully saturated rings. The Bertz CT molecular complexity index is 474. The van der Waals surface area contributed by atoms with Gasteiger partial charge in [-0.05, 0) is 29.7 Å². The molecule has 2 nitrogen and oxygen atoms in total. The third-order valence-corrected chi connectivity index (χ3v) is 2.78. The van der Waals surface area contributed by atoms with Gasteiger partial charge in [0.2, 0.25) is 0 Å². The van der Waals surface area contributed by atoms with E-state index in [1.165, 1.54) is 0 Å². The van der Waals surface area contributed by atoms with Crippen molar-refractivity contribution in [3.63, 3.8) is 0 Å². The number of hydrogen-bond donors (Lipinski definition) is 2. The number of aliphatic hydroxyl groups is 1. The van der Waals surface area contributed by atoms with E-state index in [0.717, 1.165) is 16.3 Å². The van der Waals surface area contributed by atoms with E-state index in [-0.39, 0.29) is 6.04 Å². The maximum atomic E-state index is 10.1. The Morgan fingerprint density at radius 1 is 1.12 bits per heavy atom. The zero-order chi connectivity index (χ0) is 11.5. The fraction of sp³-hybridized carbons (Fsp3) is 0.286. The molecular formula is C14H17NO. The topological polar surface area (TPSA) is 46.2 Å². The van der Waals surface area contributed by atoms with Crippen LogP contribution in [0.2, 0.25) is 0 Å². The van der Waals surface area contributed by atoms with Gasteiger partial charge in [-0.15, -0.1) is 0 Å². The number of rotatable bonds is 3. The minimum absolute atomic E-state index is 0.00830. The van der Waals surface area contributed by atoms with Crippen molar-refractivity contribution in [1.82, 2.24) is 0 Å². The van der Waals surface area contributed by atoms with Gasteiger partial charge in [-0.1, -0.05) is 42.5 Å². The van der Waals surface area contributed by atoms with Crippen molar-refractivity contribution in [2.45, 2.75) is 25.5 Å². The van der Waals surface area contributed by atoms with Gasteiger partial charge in [0, 0.05) is 6.04 Å². The summed E-state index contributed by atoms with van der Waals surface area (Å²) in [6, 6.07) is 14.1. The summed E-state index contributed by atoms with van der Waals surface area (Å²) in [5, 5.41) is 12.4. The van der Waals surface area contributed by atoms with Gasteiger partial charge < -0.3 is 10.8 Å². The van der Waals surface area contributed by atoms with E-state index < -0.39 is 6.10 Å². The van der Waals surface area contributed by atoms with Crippen LogP contribution in [-0.4, -0.2) is 11.1 Å². The van der Waals surface area contributed by atoms with Gasteiger partial charge in [0.1, 0.15) is 0 Å². The summed E-state index contributed by atoms with van der Waals surface area (Å²) in [5.74, 6) is 0. The lowest BCUT2D eigenvalue weighted by Gasteiger charge is -2.15. The summed E-state index contributed by atoms with van der Waals surface area (Å²) < 4.78 is 0. The molecule has 0 spiro atoms. The Morgan fingerprint density at radius 3 is 2.56 bits per heavy atom. The van der Waals surface area contributed by atoms with E-state index in [4.69, 9.17) is 5.73 Å². The first kappa shape index (κ1) is 11.1. The molecule has 2 rings (SSSR count). The third kappa shape index (κ3) is 2.23. The Hall–Kier alpha value is -1.38. The molecule has 0 aliphatic rings. The Kier molecular flexibility index (Phi) is 3.22. The molecule has 84 valence electrons. The van der Waals surface area contributed by atoms with Crippen molar-refractivity contribution < 1.29 is 5.11 Å². The normalized spacial score (nSPS) is 14.9. The van der Waals surface area contributed by atoms with Crippen molar-refractivity contribution >= 4 is 10.8 Å². The van der Waals surface area contributed by atoms with Gasteiger partial charge in [0.25, 0.3) is 0 Å². The minimum atomic E-state index is -0.480. The average molecular weight is 215 g/mol. The Morgan fingerprint density at radius 2 is 1.81 bits per heavy atom. The molecule has 2 heteroatoms. The molecule has 16 heavy (non-hydrogen) atoms. The van der Waals surface area contributed by atoms with Crippen LogP contribution >= 0.6 is 0 Å². The summed E-state index contributed by atoms with van der Waals surface area (Å²) in [6.45, 7) is 1.91. The third-order valence-electron chi connectivity index (χ3n) is 2.78. The molecule has 0 saturated heterocycles. The largest absolute Gasteiger partial charge is 0.388 e. The van der Waals surface area contributed by atoms with Crippen molar-refractivity contribution in [2.75, 3.05) is 0 Å². The van der Waals surface area contributed by atoms with Crippen molar-refractivity contribution in [1.29, 1.82) is 0 Å². The monoisotopic (exact) mass is 215 g/mol. The van der Waals surface area contributed by atoms with Crippen LogP contribution < -0.4 is 5.73 Å². The molecule has 0 aromatic heterocycles. The summed E-state index contributed by atoms with van der Waals surface area (Å²) in [4.78, 5) is 0. The lowest BCUT2D eigenvalue weighted by Crippen LogP contribution is -2.18. The molecule has 0 amide bonds. The molecule has 2 aromatic rings. The van der Waals surface area contributed by atoms with E-state index in [0.29, 0.717) is 6.42 Å². The maximum absolute atomic E-state index is 10.1. The second-order valence-corrected chi connectivity index (χ2v) is 4.30. The molecule has 0 aliphatic carbocycles. The Balaban J connectivity index is 2.44.